The van der Waals surface area contributed by atoms with E-state index in [9.17, 15) is 14.4 Å². The van der Waals surface area contributed by atoms with E-state index < -0.39 is 12.2 Å². The smallest absolute Gasteiger partial charge is 0.414 e. The lowest BCUT2D eigenvalue weighted by atomic mass is 9.87. The molecule has 32 heavy (non-hydrogen) atoms. The quantitative estimate of drug-likeness (QED) is 0.705. The van der Waals surface area contributed by atoms with Gasteiger partial charge in [-0.1, -0.05) is 26.3 Å². The molecule has 3 amide bonds. The second-order valence-electron chi connectivity index (χ2n) is 8.50. The van der Waals surface area contributed by atoms with Crippen LogP contribution in [-0.4, -0.2) is 43.6 Å². The lowest BCUT2D eigenvalue weighted by molar-refractivity contribution is -0.119. The maximum absolute atomic E-state index is 12.8. The zero-order chi connectivity index (χ0) is 22.7. The maximum atomic E-state index is 12.8. The Balaban J connectivity index is 1.37. The number of carbonyl (C=O) groups is 3. The van der Waals surface area contributed by atoms with Crippen molar-refractivity contribution in [2.45, 2.75) is 39.2 Å². The average molecular weight is 456 g/mol. The van der Waals surface area contributed by atoms with Crippen molar-refractivity contribution in [3.8, 4) is 0 Å². The van der Waals surface area contributed by atoms with Gasteiger partial charge in [-0.05, 0) is 54.0 Å². The Morgan fingerprint density at radius 2 is 1.88 bits per heavy atom. The Labute approximate surface area is 192 Å². The van der Waals surface area contributed by atoms with Crippen LogP contribution in [0.25, 0.3) is 0 Å². The Hall–Kier alpha value is -2.87. The molecule has 1 N–H and O–H groups in total. The fourth-order valence-electron chi connectivity index (χ4n) is 4.40. The highest BCUT2D eigenvalue weighted by Gasteiger charge is 2.33. The molecule has 0 bridgehead atoms. The minimum atomic E-state index is -0.432. The molecule has 8 heteroatoms. The van der Waals surface area contributed by atoms with Crippen LogP contribution in [0, 0.1) is 11.8 Å². The summed E-state index contributed by atoms with van der Waals surface area (Å²) in [6.45, 7) is 5.71. The molecule has 3 heterocycles. The van der Waals surface area contributed by atoms with E-state index in [2.05, 4.69) is 19.2 Å². The van der Waals surface area contributed by atoms with Crippen LogP contribution in [0.5, 0.6) is 0 Å². The second-order valence-corrected chi connectivity index (χ2v) is 9.45. The molecule has 2 aromatic rings. The Kier molecular flexibility index (Phi) is 6.79. The van der Waals surface area contributed by atoms with Gasteiger partial charge in [0, 0.05) is 24.3 Å². The van der Waals surface area contributed by atoms with Gasteiger partial charge in [0.2, 0.25) is 5.91 Å². The summed E-state index contributed by atoms with van der Waals surface area (Å²) >= 11 is 1.37. The average Bonchev–Trinajstić information content (AvgIpc) is 3.43. The van der Waals surface area contributed by atoms with Gasteiger partial charge < -0.3 is 15.0 Å². The number of hydrogen-bond acceptors (Lipinski definition) is 5. The molecule has 7 nitrogen and oxygen atoms in total. The van der Waals surface area contributed by atoms with Gasteiger partial charge in [0.05, 0.1) is 18.0 Å². The molecule has 3 atom stereocenters. The van der Waals surface area contributed by atoms with Crippen LogP contribution in [0.2, 0.25) is 0 Å². The van der Waals surface area contributed by atoms with Crippen LogP contribution in [0.1, 0.15) is 42.8 Å². The number of hydrogen-bond donors (Lipinski definition) is 1. The molecule has 0 radical (unpaired) electrons. The van der Waals surface area contributed by atoms with Gasteiger partial charge in [0.1, 0.15) is 6.10 Å². The van der Waals surface area contributed by atoms with Gasteiger partial charge in [-0.2, -0.15) is 0 Å². The third-order valence-electron chi connectivity index (χ3n) is 6.46. The number of nitrogens with zero attached hydrogens (tertiary/aromatic N) is 2. The van der Waals surface area contributed by atoms with E-state index in [0.29, 0.717) is 41.9 Å². The first kappa shape index (κ1) is 22.3. The number of cyclic esters (lactones) is 1. The summed E-state index contributed by atoms with van der Waals surface area (Å²) in [5.74, 6) is 0.963. The van der Waals surface area contributed by atoms with Crippen molar-refractivity contribution < 1.29 is 19.1 Å². The van der Waals surface area contributed by atoms with Gasteiger partial charge >= 0.3 is 6.09 Å². The molecule has 2 saturated heterocycles. The lowest BCUT2D eigenvalue weighted by Crippen LogP contribution is -2.34. The molecule has 1 aromatic carbocycles. The zero-order valence-corrected chi connectivity index (χ0v) is 19.3. The van der Waals surface area contributed by atoms with Crippen LogP contribution >= 0.6 is 11.3 Å². The first-order chi connectivity index (χ1) is 15.5. The highest BCUT2D eigenvalue weighted by molar-refractivity contribution is 7.12. The third-order valence-corrected chi connectivity index (χ3v) is 7.33. The Morgan fingerprint density at radius 1 is 1.16 bits per heavy atom. The lowest BCUT2D eigenvalue weighted by Gasteiger charge is -2.22. The topological polar surface area (TPSA) is 79.0 Å². The monoisotopic (exact) mass is 455 g/mol. The molecular weight excluding hydrogens is 426 g/mol. The molecule has 170 valence electrons. The first-order valence-electron chi connectivity index (χ1n) is 11.2. The van der Waals surface area contributed by atoms with E-state index in [-0.39, 0.29) is 18.4 Å². The van der Waals surface area contributed by atoms with Crippen molar-refractivity contribution in [3.63, 3.8) is 0 Å². The van der Waals surface area contributed by atoms with Crippen molar-refractivity contribution in [2.75, 3.05) is 29.4 Å². The number of thiophene rings is 1. The van der Waals surface area contributed by atoms with Crippen molar-refractivity contribution in [3.05, 3.63) is 46.7 Å². The van der Waals surface area contributed by atoms with Crippen LogP contribution in [0.15, 0.2) is 41.8 Å². The predicted octanol–water partition coefficient (Wildman–Crippen LogP) is 4.29. The summed E-state index contributed by atoms with van der Waals surface area (Å²) in [5, 5.41) is 4.66. The number of ether oxygens (including phenoxy) is 1. The fourth-order valence-corrected chi connectivity index (χ4v) is 5.04. The third kappa shape index (κ3) is 4.80. The minimum Gasteiger partial charge on any atom is -0.442 e. The highest BCUT2D eigenvalue weighted by atomic mass is 32.1. The molecular formula is C24H29N3O4S. The van der Waals surface area contributed by atoms with Crippen molar-refractivity contribution in [1.82, 2.24) is 5.32 Å². The van der Waals surface area contributed by atoms with Gasteiger partial charge in [0.25, 0.3) is 5.91 Å². The number of anilines is 2. The van der Waals surface area contributed by atoms with E-state index in [0.717, 1.165) is 18.5 Å². The highest BCUT2D eigenvalue weighted by Crippen LogP contribution is 2.31. The molecule has 1 aromatic heterocycles. The molecule has 0 saturated carbocycles. The Morgan fingerprint density at radius 3 is 2.53 bits per heavy atom. The summed E-state index contributed by atoms with van der Waals surface area (Å²) in [4.78, 5) is 41.3. The van der Waals surface area contributed by atoms with Crippen LogP contribution < -0.4 is 15.1 Å². The summed E-state index contributed by atoms with van der Waals surface area (Å²) < 4.78 is 5.42. The summed E-state index contributed by atoms with van der Waals surface area (Å²) in [5.41, 5.74) is 1.57. The zero-order valence-electron chi connectivity index (χ0n) is 18.5. The molecule has 3 unspecified atom stereocenters. The SMILES string of the molecule is CCC1CC(=O)N(c2ccc(N3CC(CNC(=O)c4cccs4)OC3=O)cc2)CCC1C. The summed E-state index contributed by atoms with van der Waals surface area (Å²) in [6, 6.07) is 11.1. The molecule has 4 rings (SSSR count). The molecule has 2 aliphatic heterocycles. The maximum Gasteiger partial charge on any atom is 0.414 e. The number of rotatable bonds is 6. The molecule has 2 aliphatic rings. The van der Waals surface area contributed by atoms with Crippen LogP contribution in [0.3, 0.4) is 0 Å². The number of nitrogens with one attached hydrogen (secondary N) is 1. The molecule has 2 fully saturated rings. The number of amides is 3. The second kappa shape index (κ2) is 9.73. The summed E-state index contributed by atoms with van der Waals surface area (Å²) in [7, 11) is 0. The van der Waals surface area contributed by atoms with Gasteiger partial charge in [0.15, 0.2) is 0 Å². The van der Waals surface area contributed by atoms with E-state index in [1.165, 1.54) is 11.3 Å². The van der Waals surface area contributed by atoms with Gasteiger partial charge in [-0.3, -0.25) is 14.5 Å². The van der Waals surface area contributed by atoms with E-state index in [1.54, 1.807) is 11.0 Å². The van der Waals surface area contributed by atoms with E-state index in [4.69, 9.17) is 4.74 Å². The molecule has 0 aliphatic carbocycles. The van der Waals surface area contributed by atoms with Gasteiger partial charge in [-0.25, -0.2) is 4.79 Å². The van der Waals surface area contributed by atoms with Crippen molar-refractivity contribution in [2.24, 2.45) is 11.8 Å². The normalized spacial score (nSPS) is 23.8. The largest absolute Gasteiger partial charge is 0.442 e. The Bertz CT molecular complexity index is 960. The van der Waals surface area contributed by atoms with Crippen molar-refractivity contribution >= 4 is 40.6 Å². The number of benzene rings is 1. The minimum absolute atomic E-state index is 0.163. The van der Waals surface area contributed by atoms with Gasteiger partial charge in [-0.15, -0.1) is 11.3 Å². The van der Waals surface area contributed by atoms with Crippen LogP contribution in [-0.2, 0) is 9.53 Å². The fraction of sp³-hybridized carbons (Fsp3) is 0.458. The number of carbonyl (C=O) groups excluding carboxylic acids is 3. The predicted molar refractivity (Wildman–Crippen MR) is 125 cm³/mol. The van der Waals surface area contributed by atoms with E-state index in [1.807, 2.05) is 40.6 Å². The van der Waals surface area contributed by atoms with Crippen molar-refractivity contribution in [1.29, 1.82) is 0 Å². The molecule has 0 spiro atoms. The first-order valence-corrected chi connectivity index (χ1v) is 12.0. The summed E-state index contributed by atoms with van der Waals surface area (Å²) in [6.07, 6.45) is 1.75. The van der Waals surface area contributed by atoms with Crippen LogP contribution in [0.4, 0.5) is 16.2 Å². The standard InChI is InChI=1S/C24H29N3O4S/c1-3-17-13-22(28)26(11-10-16(17)2)18-6-8-19(9-7-18)27-15-20(31-24(27)30)14-25-23(29)21-5-4-12-32-21/h4-9,12,16-17,20H,3,10-11,13-15H2,1-2H3,(H,25,29). The van der Waals surface area contributed by atoms with E-state index >= 15 is 0 Å².